The SMILES string of the molecule is COC1=CC(OCc2ccccc2)c2c(cc(C(O)C#C[Si](C)(C)C)c(Br)c2OC)C1OC. The Bertz CT molecular complexity index is 1070. The van der Waals surface area contributed by atoms with Crippen LogP contribution in [0.15, 0.2) is 52.7 Å². The van der Waals surface area contributed by atoms with Crippen molar-refractivity contribution in [3.8, 4) is 17.2 Å². The molecule has 3 atom stereocenters. The molecule has 0 radical (unpaired) electrons. The lowest BCUT2D eigenvalue weighted by atomic mass is 9.87. The molecule has 176 valence electrons. The molecule has 1 aliphatic carbocycles. The highest BCUT2D eigenvalue weighted by Gasteiger charge is 2.35. The summed E-state index contributed by atoms with van der Waals surface area (Å²) in [6, 6.07) is 11.9. The fraction of sp³-hybridized carbons (Fsp3) is 0.385. The molecule has 1 aliphatic rings. The lowest BCUT2D eigenvalue weighted by Gasteiger charge is -2.32. The largest absolute Gasteiger partial charge is 0.498 e. The lowest BCUT2D eigenvalue weighted by molar-refractivity contribution is 0.0359. The third kappa shape index (κ3) is 5.89. The zero-order valence-electron chi connectivity index (χ0n) is 19.9. The summed E-state index contributed by atoms with van der Waals surface area (Å²) in [4.78, 5) is 0. The van der Waals surface area contributed by atoms with Crippen LogP contribution in [-0.4, -0.2) is 34.5 Å². The highest BCUT2D eigenvalue weighted by atomic mass is 79.9. The van der Waals surface area contributed by atoms with Gasteiger partial charge in [0, 0.05) is 18.2 Å². The maximum Gasteiger partial charge on any atom is 0.140 e. The number of aliphatic hydroxyl groups is 1. The minimum atomic E-state index is -1.65. The van der Waals surface area contributed by atoms with Gasteiger partial charge in [-0.05, 0) is 39.2 Å². The zero-order valence-corrected chi connectivity index (χ0v) is 22.5. The van der Waals surface area contributed by atoms with Crippen molar-refractivity contribution in [3.05, 3.63) is 75.0 Å². The summed E-state index contributed by atoms with van der Waals surface area (Å²) in [6.45, 7) is 6.84. The predicted octanol–water partition coefficient (Wildman–Crippen LogP) is 5.86. The Morgan fingerprint density at radius 3 is 2.36 bits per heavy atom. The average molecular weight is 532 g/mol. The molecule has 0 saturated carbocycles. The predicted molar refractivity (Wildman–Crippen MR) is 136 cm³/mol. The summed E-state index contributed by atoms with van der Waals surface area (Å²) in [5.74, 6) is 4.24. The van der Waals surface area contributed by atoms with E-state index in [1.54, 1.807) is 21.3 Å². The molecule has 2 aromatic carbocycles. The van der Waals surface area contributed by atoms with Gasteiger partial charge < -0.3 is 24.1 Å². The monoisotopic (exact) mass is 530 g/mol. The molecule has 3 unspecified atom stereocenters. The van der Waals surface area contributed by atoms with E-state index < -0.39 is 26.4 Å². The maximum atomic E-state index is 10.9. The first-order valence-electron chi connectivity index (χ1n) is 10.7. The fourth-order valence-corrected chi connectivity index (χ4v) is 5.02. The Balaban J connectivity index is 2.11. The third-order valence-electron chi connectivity index (χ3n) is 5.29. The van der Waals surface area contributed by atoms with Crippen molar-refractivity contribution in [1.82, 2.24) is 0 Å². The molecule has 5 nitrogen and oxygen atoms in total. The van der Waals surface area contributed by atoms with Crippen LogP contribution in [0.3, 0.4) is 0 Å². The summed E-state index contributed by atoms with van der Waals surface area (Å²) >= 11 is 3.65. The summed E-state index contributed by atoms with van der Waals surface area (Å²) in [7, 11) is 3.19. The van der Waals surface area contributed by atoms with Crippen molar-refractivity contribution < 1.29 is 24.1 Å². The molecule has 0 fully saturated rings. The zero-order chi connectivity index (χ0) is 24.2. The van der Waals surface area contributed by atoms with Crippen LogP contribution in [0.4, 0.5) is 0 Å². The van der Waals surface area contributed by atoms with Crippen molar-refractivity contribution in [2.75, 3.05) is 21.3 Å². The Morgan fingerprint density at radius 2 is 1.79 bits per heavy atom. The van der Waals surface area contributed by atoms with Gasteiger partial charge in [-0.15, -0.1) is 5.54 Å². The number of benzene rings is 2. The molecule has 1 N–H and O–H groups in total. The summed E-state index contributed by atoms with van der Waals surface area (Å²) in [5, 5.41) is 10.9. The van der Waals surface area contributed by atoms with E-state index in [1.807, 2.05) is 42.5 Å². The standard InChI is InChI=1S/C26H31BrO5Si/c1-29-22-15-21(32-16-17-10-8-7-9-11-17)23-19(25(22)30-2)14-18(24(27)26(23)31-3)20(28)12-13-33(4,5)6/h7-11,14-15,20-21,25,28H,16H2,1-6H3. The average Bonchev–Trinajstić information content (AvgIpc) is 2.80. The van der Waals surface area contributed by atoms with Gasteiger partial charge in [0.1, 0.15) is 37.9 Å². The van der Waals surface area contributed by atoms with Gasteiger partial charge in [-0.1, -0.05) is 55.9 Å². The van der Waals surface area contributed by atoms with Gasteiger partial charge in [-0.2, -0.15) is 0 Å². The molecule has 0 amide bonds. The second-order valence-corrected chi connectivity index (χ2v) is 14.4. The highest BCUT2D eigenvalue weighted by molar-refractivity contribution is 9.10. The number of aliphatic hydroxyl groups excluding tert-OH is 1. The Labute approximate surface area is 205 Å². The molecular formula is C26H31BrO5Si. The Hall–Kier alpha value is -2.08. The molecule has 3 rings (SSSR count). The van der Waals surface area contributed by atoms with Gasteiger partial charge in [0.2, 0.25) is 0 Å². The van der Waals surface area contributed by atoms with E-state index >= 15 is 0 Å². The molecule has 0 spiro atoms. The van der Waals surface area contributed by atoms with E-state index in [2.05, 4.69) is 47.0 Å². The van der Waals surface area contributed by atoms with Crippen molar-refractivity contribution in [3.63, 3.8) is 0 Å². The van der Waals surface area contributed by atoms with Crippen LogP contribution in [0.25, 0.3) is 0 Å². The minimum absolute atomic E-state index is 0.420. The topological polar surface area (TPSA) is 57.2 Å². The van der Waals surface area contributed by atoms with Crippen LogP contribution >= 0.6 is 15.9 Å². The van der Waals surface area contributed by atoms with Crippen molar-refractivity contribution in [2.45, 2.75) is 44.6 Å². The first kappa shape index (κ1) is 25.5. The number of ether oxygens (including phenoxy) is 4. The van der Waals surface area contributed by atoms with E-state index in [9.17, 15) is 5.11 Å². The molecule has 0 saturated heterocycles. The number of fused-ring (bicyclic) bond motifs is 1. The van der Waals surface area contributed by atoms with E-state index in [-0.39, 0.29) is 0 Å². The number of rotatable bonds is 7. The summed E-state index contributed by atoms with van der Waals surface area (Å²) in [6.07, 6.45) is 0.0603. The second kappa shape index (κ2) is 10.9. The summed E-state index contributed by atoms with van der Waals surface area (Å²) < 4.78 is 24.2. The smallest absolute Gasteiger partial charge is 0.140 e. The van der Waals surface area contributed by atoms with Gasteiger partial charge in [0.15, 0.2) is 0 Å². The maximum absolute atomic E-state index is 10.9. The lowest BCUT2D eigenvalue weighted by Crippen LogP contribution is -2.21. The van der Waals surface area contributed by atoms with Crippen LogP contribution < -0.4 is 4.74 Å². The van der Waals surface area contributed by atoms with Gasteiger partial charge in [-0.3, -0.25) is 0 Å². The van der Waals surface area contributed by atoms with Gasteiger partial charge in [-0.25, -0.2) is 0 Å². The summed E-state index contributed by atoms with van der Waals surface area (Å²) in [5.41, 5.74) is 6.58. The number of hydrogen-bond acceptors (Lipinski definition) is 5. The minimum Gasteiger partial charge on any atom is -0.498 e. The van der Waals surface area contributed by atoms with Crippen LogP contribution in [0, 0.1) is 11.5 Å². The van der Waals surface area contributed by atoms with E-state index in [4.69, 9.17) is 18.9 Å². The van der Waals surface area contributed by atoms with Crippen molar-refractivity contribution >= 4 is 24.0 Å². The van der Waals surface area contributed by atoms with Crippen LogP contribution in [0.2, 0.25) is 19.6 Å². The van der Waals surface area contributed by atoms with Crippen LogP contribution in [0.5, 0.6) is 5.75 Å². The van der Waals surface area contributed by atoms with Gasteiger partial charge in [0.25, 0.3) is 0 Å². The normalized spacial score (nSPS) is 18.5. The number of halogens is 1. The van der Waals surface area contributed by atoms with E-state index in [0.717, 1.165) is 16.7 Å². The molecule has 2 aromatic rings. The molecule has 7 heteroatoms. The molecule has 0 heterocycles. The van der Waals surface area contributed by atoms with Gasteiger partial charge in [0.05, 0.1) is 25.3 Å². The van der Waals surface area contributed by atoms with Crippen LogP contribution in [-0.2, 0) is 20.8 Å². The molecule has 33 heavy (non-hydrogen) atoms. The Kier molecular flexibility index (Phi) is 8.43. The van der Waals surface area contributed by atoms with E-state index in [1.165, 1.54) is 0 Å². The first-order valence-corrected chi connectivity index (χ1v) is 15.0. The quantitative estimate of drug-likeness (QED) is 0.358. The van der Waals surface area contributed by atoms with Crippen molar-refractivity contribution in [2.24, 2.45) is 0 Å². The third-order valence-corrected chi connectivity index (χ3v) is 7.00. The van der Waals surface area contributed by atoms with Gasteiger partial charge >= 0.3 is 0 Å². The van der Waals surface area contributed by atoms with Crippen LogP contribution in [0.1, 0.15) is 40.6 Å². The number of methoxy groups -OCH3 is 3. The molecule has 0 aromatic heterocycles. The fourth-order valence-electron chi connectivity index (χ4n) is 3.74. The molecular weight excluding hydrogens is 500 g/mol. The molecule has 0 aliphatic heterocycles. The second-order valence-electron chi connectivity index (χ2n) is 8.84. The highest BCUT2D eigenvalue weighted by Crippen LogP contribution is 2.49. The Morgan fingerprint density at radius 1 is 1.09 bits per heavy atom. The van der Waals surface area contributed by atoms with E-state index in [0.29, 0.717) is 28.2 Å². The first-order chi connectivity index (χ1) is 15.7. The number of hydrogen-bond donors (Lipinski definition) is 1. The molecule has 0 bridgehead atoms. The van der Waals surface area contributed by atoms with Crippen molar-refractivity contribution in [1.29, 1.82) is 0 Å².